The molecule has 0 spiro atoms. The second-order valence-electron chi connectivity index (χ2n) is 6.07. The first-order valence-electron chi connectivity index (χ1n) is 8.97. The van der Waals surface area contributed by atoms with E-state index in [1.807, 2.05) is 38.1 Å². The third kappa shape index (κ3) is 3.95. The van der Waals surface area contributed by atoms with Crippen LogP contribution in [0.5, 0.6) is 5.75 Å². The quantitative estimate of drug-likeness (QED) is 0.573. The van der Waals surface area contributed by atoms with E-state index in [1.165, 1.54) is 0 Å². The van der Waals surface area contributed by atoms with Crippen molar-refractivity contribution in [1.29, 1.82) is 0 Å². The third-order valence-corrected chi connectivity index (χ3v) is 4.89. The fraction of sp³-hybridized carbons (Fsp3) is 0.421. The molecule has 2 heterocycles. The predicted octanol–water partition coefficient (Wildman–Crippen LogP) is 3.64. The van der Waals surface area contributed by atoms with Crippen LogP contribution in [0.4, 0.5) is 5.95 Å². The van der Waals surface area contributed by atoms with Gasteiger partial charge in [0.25, 0.3) is 0 Å². The van der Waals surface area contributed by atoms with Gasteiger partial charge in [0.2, 0.25) is 11.1 Å². The molecule has 0 fully saturated rings. The number of carbonyl (C=O) groups is 1. The van der Waals surface area contributed by atoms with Gasteiger partial charge in [-0.05, 0) is 36.8 Å². The van der Waals surface area contributed by atoms with E-state index in [1.54, 1.807) is 23.6 Å². The number of hydrogen-bond donors (Lipinski definition) is 1. The van der Waals surface area contributed by atoms with E-state index in [9.17, 15) is 4.79 Å². The van der Waals surface area contributed by atoms with Crippen LogP contribution in [-0.2, 0) is 9.53 Å². The number of thioether (sulfide) groups is 1. The van der Waals surface area contributed by atoms with Crippen LogP contribution >= 0.6 is 11.8 Å². The van der Waals surface area contributed by atoms with Crippen LogP contribution in [0.2, 0.25) is 0 Å². The van der Waals surface area contributed by atoms with Gasteiger partial charge in [-0.2, -0.15) is 4.98 Å². The minimum absolute atomic E-state index is 0.347. The molecule has 1 unspecified atom stereocenters. The van der Waals surface area contributed by atoms with Gasteiger partial charge < -0.3 is 14.8 Å². The SMILES string of the molecule is CCCOC(=O)C1=C(C)Nc2nc(SCC)nn2C1c1cccc(OC)c1. The minimum Gasteiger partial charge on any atom is -0.497 e. The summed E-state index contributed by atoms with van der Waals surface area (Å²) in [7, 11) is 1.62. The van der Waals surface area contributed by atoms with E-state index in [0.29, 0.717) is 23.3 Å². The van der Waals surface area contributed by atoms with Crippen LogP contribution < -0.4 is 10.1 Å². The molecule has 2 aromatic rings. The Morgan fingerprint density at radius 3 is 2.89 bits per heavy atom. The number of anilines is 1. The summed E-state index contributed by atoms with van der Waals surface area (Å²) < 4.78 is 12.6. The van der Waals surface area contributed by atoms with Crippen molar-refractivity contribution in [1.82, 2.24) is 14.8 Å². The summed E-state index contributed by atoms with van der Waals surface area (Å²) in [4.78, 5) is 17.4. The van der Waals surface area contributed by atoms with Gasteiger partial charge in [-0.3, -0.25) is 0 Å². The number of benzene rings is 1. The first-order valence-corrected chi connectivity index (χ1v) is 9.95. The molecule has 0 saturated carbocycles. The Kier molecular flexibility index (Phi) is 6.05. The van der Waals surface area contributed by atoms with Crippen molar-refractivity contribution in [3.63, 3.8) is 0 Å². The van der Waals surface area contributed by atoms with Crippen molar-refractivity contribution in [2.75, 3.05) is 24.8 Å². The first-order chi connectivity index (χ1) is 13.1. The Bertz CT molecular complexity index is 862. The molecule has 0 aliphatic carbocycles. The van der Waals surface area contributed by atoms with E-state index < -0.39 is 6.04 Å². The molecule has 0 saturated heterocycles. The molecular formula is C19H24N4O3S. The molecule has 0 bridgehead atoms. The van der Waals surface area contributed by atoms with Crippen molar-refractivity contribution >= 4 is 23.7 Å². The monoisotopic (exact) mass is 388 g/mol. The van der Waals surface area contributed by atoms with Crippen LogP contribution in [0.3, 0.4) is 0 Å². The number of aromatic nitrogens is 3. The Morgan fingerprint density at radius 2 is 2.19 bits per heavy atom. The van der Waals surface area contributed by atoms with Crippen molar-refractivity contribution < 1.29 is 14.3 Å². The topological polar surface area (TPSA) is 78.3 Å². The fourth-order valence-electron chi connectivity index (χ4n) is 2.98. The van der Waals surface area contributed by atoms with E-state index in [2.05, 4.69) is 22.3 Å². The number of carbonyl (C=O) groups excluding carboxylic acids is 1. The number of methoxy groups -OCH3 is 1. The minimum atomic E-state index is -0.431. The summed E-state index contributed by atoms with van der Waals surface area (Å²) in [5, 5.41) is 8.49. The highest BCUT2D eigenvalue weighted by molar-refractivity contribution is 7.99. The van der Waals surface area contributed by atoms with E-state index >= 15 is 0 Å². The highest BCUT2D eigenvalue weighted by Crippen LogP contribution is 2.37. The van der Waals surface area contributed by atoms with Gasteiger partial charge in [0.05, 0.1) is 19.3 Å². The highest BCUT2D eigenvalue weighted by atomic mass is 32.2. The van der Waals surface area contributed by atoms with Gasteiger partial charge in [-0.15, -0.1) is 5.10 Å². The molecule has 1 atom stereocenters. The molecule has 8 heteroatoms. The fourth-order valence-corrected chi connectivity index (χ4v) is 3.53. The normalized spacial score (nSPS) is 15.9. The van der Waals surface area contributed by atoms with Crippen LogP contribution in [0.1, 0.15) is 38.8 Å². The van der Waals surface area contributed by atoms with Crippen LogP contribution in [0.25, 0.3) is 0 Å². The lowest BCUT2D eigenvalue weighted by Gasteiger charge is -2.28. The number of rotatable bonds is 7. The number of hydrogen-bond acceptors (Lipinski definition) is 7. The molecule has 144 valence electrons. The molecule has 1 aromatic heterocycles. The Labute approximate surface area is 163 Å². The Hall–Kier alpha value is -2.48. The van der Waals surface area contributed by atoms with Gasteiger partial charge in [0.15, 0.2) is 0 Å². The number of fused-ring (bicyclic) bond motifs is 1. The number of nitrogens with zero attached hydrogens (tertiary/aromatic N) is 3. The zero-order valence-corrected chi connectivity index (χ0v) is 16.8. The maximum Gasteiger partial charge on any atom is 0.338 e. The van der Waals surface area contributed by atoms with Crippen molar-refractivity contribution in [3.05, 3.63) is 41.1 Å². The van der Waals surface area contributed by atoms with Gasteiger partial charge >= 0.3 is 5.97 Å². The summed E-state index contributed by atoms with van der Waals surface area (Å²) in [6.45, 7) is 6.26. The number of esters is 1. The van der Waals surface area contributed by atoms with Gasteiger partial charge in [-0.25, -0.2) is 9.48 Å². The van der Waals surface area contributed by atoms with Gasteiger partial charge in [0.1, 0.15) is 11.8 Å². The molecule has 3 rings (SSSR count). The number of allylic oxidation sites excluding steroid dienone is 1. The molecular weight excluding hydrogens is 364 g/mol. The average molecular weight is 388 g/mol. The molecule has 0 amide bonds. The van der Waals surface area contributed by atoms with Gasteiger partial charge in [-0.1, -0.05) is 37.7 Å². The van der Waals surface area contributed by atoms with E-state index in [4.69, 9.17) is 9.47 Å². The van der Waals surface area contributed by atoms with E-state index in [-0.39, 0.29) is 5.97 Å². The lowest BCUT2D eigenvalue weighted by Crippen LogP contribution is -2.29. The zero-order chi connectivity index (χ0) is 19.4. The van der Waals surface area contributed by atoms with Crippen molar-refractivity contribution in [3.8, 4) is 5.75 Å². The molecule has 7 nitrogen and oxygen atoms in total. The third-order valence-electron chi connectivity index (χ3n) is 4.17. The Morgan fingerprint density at radius 1 is 1.37 bits per heavy atom. The smallest absolute Gasteiger partial charge is 0.338 e. The molecule has 1 N–H and O–H groups in total. The molecule has 27 heavy (non-hydrogen) atoms. The zero-order valence-electron chi connectivity index (χ0n) is 16.0. The van der Waals surface area contributed by atoms with Crippen molar-refractivity contribution in [2.24, 2.45) is 0 Å². The van der Waals surface area contributed by atoms with Crippen LogP contribution in [-0.4, -0.2) is 40.2 Å². The molecule has 0 radical (unpaired) electrons. The summed E-state index contributed by atoms with van der Waals surface area (Å²) in [5.74, 6) is 1.85. The Balaban J connectivity index is 2.10. The summed E-state index contributed by atoms with van der Waals surface area (Å²) in [6.07, 6.45) is 0.765. The maximum absolute atomic E-state index is 12.8. The lowest BCUT2D eigenvalue weighted by atomic mass is 9.95. The largest absolute Gasteiger partial charge is 0.497 e. The molecule has 1 aliphatic rings. The lowest BCUT2D eigenvalue weighted by molar-refractivity contribution is -0.139. The number of ether oxygens (including phenoxy) is 2. The first kappa shape index (κ1) is 19.3. The number of nitrogens with one attached hydrogen (secondary N) is 1. The molecule has 1 aromatic carbocycles. The highest BCUT2D eigenvalue weighted by Gasteiger charge is 2.35. The molecule has 1 aliphatic heterocycles. The second kappa shape index (κ2) is 8.47. The van der Waals surface area contributed by atoms with E-state index in [0.717, 1.165) is 29.2 Å². The second-order valence-corrected chi connectivity index (χ2v) is 7.31. The maximum atomic E-state index is 12.8. The summed E-state index contributed by atoms with van der Waals surface area (Å²) >= 11 is 1.56. The predicted molar refractivity (Wildman–Crippen MR) is 105 cm³/mol. The van der Waals surface area contributed by atoms with Crippen LogP contribution in [0.15, 0.2) is 40.7 Å². The van der Waals surface area contributed by atoms with Crippen molar-refractivity contribution in [2.45, 2.75) is 38.4 Å². The standard InChI is InChI=1S/C19H24N4O3S/c1-5-10-26-17(24)15-12(3)20-18-21-19(27-6-2)22-23(18)16(15)13-8-7-9-14(11-13)25-4/h7-9,11,16H,5-6,10H2,1-4H3,(H,20,21,22). The van der Waals surface area contributed by atoms with Gasteiger partial charge in [0, 0.05) is 5.70 Å². The summed E-state index contributed by atoms with van der Waals surface area (Å²) in [6, 6.07) is 7.21. The van der Waals surface area contributed by atoms with Crippen LogP contribution in [0, 0.1) is 0 Å². The average Bonchev–Trinajstić information content (AvgIpc) is 3.07. The summed E-state index contributed by atoms with van der Waals surface area (Å²) in [5.41, 5.74) is 2.14.